The minimum absolute atomic E-state index is 0.0131. The number of pyridine rings is 4. The number of methoxy groups -OCH3 is 2. The first kappa shape index (κ1) is 90.6. The number of nitrogens with zero attached hydrogens (tertiary/aromatic N) is 11. The van der Waals surface area contributed by atoms with E-state index >= 15 is 35.9 Å². The molecular formula is C94H99BrF6N12O14. The molecule has 16 rings (SSSR count). The van der Waals surface area contributed by atoms with Gasteiger partial charge in [0.1, 0.15) is 82.6 Å². The molecule has 4 fully saturated rings. The minimum Gasteiger partial charge on any atom is -0.496 e. The normalized spacial score (nSPS) is 17.5. The quantitative estimate of drug-likeness (QED) is 0.0639. The number of aryl methyl sites for hydroxylation is 2. The van der Waals surface area contributed by atoms with Gasteiger partial charge in [-0.1, -0.05) is 116 Å². The van der Waals surface area contributed by atoms with E-state index in [1.807, 2.05) is 88.4 Å². The van der Waals surface area contributed by atoms with Crippen LogP contribution in [-0.4, -0.2) is 188 Å². The van der Waals surface area contributed by atoms with Gasteiger partial charge in [-0.15, -0.1) is 0 Å². The van der Waals surface area contributed by atoms with Gasteiger partial charge in [0.05, 0.1) is 106 Å². The molecular weight excluding hydrogens is 1710 g/mol. The van der Waals surface area contributed by atoms with Gasteiger partial charge in [0.2, 0.25) is 5.91 Å². The molecule has 6 aliphatic rings. The molecule has 33 heteroatoms. The number of carbonyl (C=O) groups excluding carboxylic acids is 6. The Morgan fingerprint density at radius 3 is 1.33 bits per heavy atom. The van der Waals surface area contributed by atoms with Gasteiger partial charge in [-0.3, -0.25) is 43.2 Å². The fourth-order valence-corrected chi connectivity index (χ4v) is 17.6. The number of halogens is 7. The van der Waals surface area contributed by atoms with Crippen LogP contribution in [0.3, 0.4) is 0 Å². The number of likely N-dealkylation sites (tertiary alicyclic amines) is 2. The average molecular weight is 1810 g/mol. The number of rotatable bonds is 13. The monoisotopic (exact) mass is 1810 g/mol. The maximum absolute atomic E-state index is 18.0. The standard InChI is InChI=1S/C47H49F3N6O7.C36H38F3N5O5.C11H12BrNO2/c1-25(2)38-39(26(3)17-18-51-38)56-40-30(19-32(49)36(37(40)50)35-31(48)15-12-16-34(35)61-8)41-42(44(56)58)55(29-21-52(22-29)45(59)62-24-28-13-10-9-11-14-28)43(57)33-23-53(27(4)20-54(33)41)46(60)63-47(5,6)7;1-17(2)28-30(18(3)12-13-40-28)44-31-20(14-22(38)26(27(31)39)25-21(37)10-9-11-24(25)48-8)32-29(34(44)46)41-33(45)23-16-42(19(4)15-43(23)32)35(47)49-36(5,6)7;12-10-6-13(7-10)11(14)15-8-9-4-2-1-3-5-9/h9-19,25,27,29,33H,20-24H2,1-8H3;9-14,17,19,23H,15-16H2,1-8H3,(H,41,45);1-5,10H,6-8H2/t27-,33-;19-,23-;/m11./s1. The van der Waals surface area contributed by atoms with E-state index in [1.54, 1.807) is 108 Å². The van der Waals surface area contributed by atoms with Crippen LogP contribution in [0.25, 0.3) is 55.4 Å². The summed E-state index contributed by atoms with van der Waals surface area (Å²) in [5.74, 6) is -8.52. The summed E-state index contributed by atoms with van der Waals surface area (Å²) in [6, 6.07) is 27.7. The zero-order valence-corrected chi connectivity index (χ0v) is 74.8. The number of benzene rings is 6. The van der Waals surface area contributed by atoms with Crippen molar-refractivity contribution in [2.24, 2.45) is 0 Å². The Bertz CT molecular complexity index is 6140. The molecule has 6 amide bonds. The maximum atomic E-state index is 18.0. The Labute approximate surface area is 738 Å². The Balaban J connectivity index is 0.000000180. The number of carbonyl (C=O) groups is 6. The number of amides is 6. The Morgan fingerprint density at radius 1 is 0.488 bits per heavy atom. The number of aromatic nitrogens is 4. The molecule has 10 aromatic rings. The Morgan fingerprint density at radius 2 is 0.906 bits per heavy atom. The number of anilines is 4. The van der Waals surface area contributed by atoms with E-state index in [4.69, 9.17) is 28.4 Å². The number of nitrogens with one attached hydrogen (secondary N) is 1. The minimum atomic E-state index is -1.25. The zero-order chi connectivity index (χ0) is 91.6. The van der Waals surface area contributed by atoms with E-state index in [0.717, 1.165) is 57.6 Å². The van der Waals surface area contributed by atoms with Gasteiger partial charge in [-0.25, -0.2) is 45.5 Å². The van der Waals surface area contributed by atoms with E-state index in [1.165, 1.54) is 58.1 Å². The van der Waals surface area contributed by atoms with Crippen molar-refractivity contribution in [2.75, 3.05) is 86.6 Å². The lowest BCUT2D eigenvalue weighted by molar-refractivity contribution is -0.122. The zero-order valence-electron chi connectivity index (χ0n) is 73.2. The molecule has 0 radical (unpaired) electrons. The molecule has 6 aromatic carbocycles. The molecule has 4 atom stereocenters. The van der Waals surface area contributed by atoms with Gasteiger partial charge in [0.25, 0.3) is 17.0 Å². The van der Waals surface area contributed by atoms with Crippen LogP contribution in [0.2, 0.25) is 0 Å². The fourth-order valence-electron chi connectivity index (χ4n) is 16.9. The smallest absolute Gasteiger partial charge is 0.410 e. The van der Waals surface area contributed by atoms with Crippen molar-refractivity contribution in [3.63, 3.8) is 0 Å². The number of fused-ring (bicyclic) bond motifs is 10. The predicted octanol–water partition coefficient (Wildman–Crippen LogP) is 17.2. The number of hydrogen-bond acceptors (Lipinski definition) is 18. The van der Waals surface area contributed by atoms with E-state index in [0.29, 0.717) is 33.9 Å². The summed E-state index contributed by atoms with van der Waals surface area (Å²) in [6.07, 6.45) is 1.00. The molecule has 26 nitrogen and oxygen atoms in total. The van der Waals surface area contributed by atoms with Gasteiger partial charge in [-0.05, 0) is 152 Å². The number of alkyl halides is 1. The second-order valence-corrected chi connectivity index (χ2v) is 36.2. The highest BCUT2D eigenvalue weighted by atomic mass is 79.9. The first-order valence-corrected chi connectivity index (χ1v) is 42.6. The van der Waals surface area contributed by atoms with Crippen LogP contribution in [0.4, 0.5) is 68.3 Å². The van der Waals surface area contributed by atoms with E-state index in [9.17, 15) is 28.8 Å². The molecule has 0 saturated carbocycles. The number of ether oxygens (including phenoxy) is 6. The van der Waals surface area contributed by atoms with Crippen LogP contribution in [0.5, 0.6) is 11.5 Å². The van der Waals surface area contributed by atoms with E-state index in [-0.39, 0.29) is 131 Å². The average Bonchev–Trinajstić information content (AvgIpc) is 0.696. The van der Waals surface area contributed by atoms with Crippen LogP contribution >= 0.6 is 15.9 Å². The third-order valence-corrected chi connectivity index (χ3v) is 23.6. The van der Waals surface area contributed by atoms with Crippen molar-refractivity contribution < 1.29 is 83.5 Å². The third-order valence-electron chi connectivity index (χ3n) is 23.0. The summed E-state index contributed by atoms with van der Waals surface area (Å²) in [4.78, 5) is 131. The van der Waals surface area contributed by atoms with E-state index in [2.05, 4.69) is 31.2 Å². The predicted molar refractivity (Wildman–Crippen MR) is 472 cm³/mol. The van der Waals surface area contributed by atoms with Gasteiger partial charge >= 0.3 is 24.4 Å². The fraction of sp³-hybridized carbons (Fsp3) is 0.383. The molecule has 0 bridgehead atoms. The van der Waals surface area contributed by atoms with Crippen LogP contribution in [0, 0.1) is 48.8 Å². The summed E-state index contributed by atoms with van der Waals surface area (Å²) in [5.41, 5.74) is -2.38. The molecule has 10 heterocycles. The van der Waals surface area contributed by atoms with Crippen LogP contribution in [0.1, 0.15) is 129 Å². The van der Waals surface area contributed by atoms with E-state index < -0.39 is 140 Å². The summed E-state index contributed by atoms with van der Waals surface area (Å²) in [6.45, 7) is 26.3. The number of hydrogen-bond donors (Lipinski definition) is 1. The van der Waals surface area contributed by atoms with Crippen molar-refractivity contribution >= 4 is 96.7 Å². The molecule has 6 aliphatic heterocycles. The molecule has 0 unspecified atom stereocenters. The largest absolute Gasteiger partial charge is 0.496 e. The van der Waals surface area contributed by atoms with Gasteiger partial charge in [-0.2, -0.15) is 0 Å². The Hall–Kier alpha value is -12.7. The molecule has 4 aromatic heterocycles. The van der Waals surface area contributed by atoms with Crippen molar-refractivity contribution in [3.8, 4) is 45.1 Å². The summed E-state index contributed by atoms with van der Waals surface area (Å²) >= 11 is 3.42. The van der Waals surface area contributed by atoms with Crippen molar-refractivity contribution in [1.82, 2.24) is 38.7 Å². The van der Waals surface area contributed by atoms with Gasteiger partial charge in [0.15, 0.2) is 11.6 Å². The summed E-state index contributed by atoms with van der Waals surface area (Å²) in [7, 11) is 2.51. The molecule has 4 saturated heterocycles. The highest BCUT2D eigenvalue weighted by molar-refractivity contribution is 9.09. The second-order valence-electron chi connectivity index (χ2n) is 34.9. The SMILES string of the molecule is COc1cccc(F)c1-c1c(F)cc2c3c(c(=O)n(-c4c(C)ccnc4C(C)C)c2c1F)N(C1CN(C(=O)OCc2ccccc2)C1)C(=O)[C@H]1CN(C(=O)OC(C)(C)C)[C@H](C)CN31.COc1cccc(F)c1-c1c(F)cc2c3c(c(=O)n(-c4c(C)ccnc4C(C)C)c2c1F)NC(=O)[C@H]1CN(C(=O)OC(C)(C)C)[C@H](C)CN31.O=C(OCc1ccccc1)N1CC(Br)C1. The summed E-state index contributed by atoms with van der Waals surface area (Å²) < 4.78 is 135. The topological polar surface area (TPSA) is 262 Å². The van der Waals surface area contributed by atoms with Crippen molar-refractivity contribution in [2.45, 2.75) is 168 Å². The highest BCUT2D eigenvalue weighted by Gasteiger charge is 2.53. The van der Waals surface area contributed by atoms with Crippen molar-refractivity contribution in [1.29, 1.82) is 0 Å². The van der Waals surface area contributed by atoms with Gasteiger partial charge in [0, 0.05) is 74.5 Å². The van der Waals surface area contributed by atoms with Gasteiger partial charge < -0.3 is 63.1 Å². The van der Waals surface area contributed by atoms with Crippen molar-refractivity contribution in [3.05, 3.63) is 223 Å². The lowest BCUT2D eigenvalue weighted by atomic mass is 9.93. The maximum Gasteiger partial charge on any atom is 0.410 e. The van der Waals surface area contributed by atoms with Crippen LogP contribution < -0.4 is 40.6 Å². The molecule has 127 heavy (non-hydrogen) atoms. The third kappa shape index (κ3) is 17.5. The molecule has 668 valence electrons. The highest BCUT2D eigenvalue weighted by Crippen LogP contribution is 2.50. The van der Waals surface area contributed by atoms with Crippen LogP contribution in [0.15, 0.2) is 143 Å². The first-order valence-electron chi connectivity index (χ1n) is 41.7. The lowest BCUT2D eigenvalue weighted by Crippen LogP contribution is -2.72. The molecule has 0 spiro atoms. The summed E-state index contributed by atoms with van der Waals surface area (Å²) in [5, 5.41) is 2.57. The first-order chi connectivity index (χ1) is 60.2. The second kappa shape index (κ2) is 36.0. The van der Waals surface area contributed by atoms with Crippen LogP contribution in [-0.2, 0) is 41.8 Å². The number of piperazine rings is 2. The molecule has 1 N–H and O–H groups in total. The molecule has 0 aliphatic carbocycles. The lowest BCUT2D eigenvalue weighted by Gasteiger charge is -2.53. The Kier molecular flexibility index (Phi) is 25.7.